The predicted octanol–water partition coefficient (Wildman–Crippen LogP) is 1.52. The third kappa shape index (κ3) is 2.44. The summed E-state index contributed by atoms with van der Waals surface area (Å²) in [5.41, 5.74) is -0.710. The summed E-state index contributed by atoms with van der Waals surface area (Å²) in [5.74, 6) is 0.586. The van der Waals surface area contributed by atoms with E-state index in [1.54, 1.807) is 0 Å². The lowest BCUT2D eigenvalue weighted by Gasteiger charge is -2.27. The molecule has 1 saturated heterocycles. The van der Waals surface area contributed by atoms with Crippen LogP contribution in [0.4, 0.5) is 19.0 Å². The van der Waals surface area contributed by atoms with Crippen LogP contribution in [0.1, 0.15) is 5.56 Å². The number of pyridine rings is 1. The first-order valence-electron chi connectivity index (χ1n) is 4.99. The molecule has 1 aromatic heterocycles. The summed E-state index contributed by atoms with van der Waals surface area (Å²) in [4.78, 5) is 5.77. The van der Waals surface area contributed by atoms with Gasteiger partial charge in [-0.05, 0) is 12.1 Å². The molecule has 3 nitrogen and oxygen atoms in total. The van der Waals surface area contributed by atoms with Crippen molar-refractivity contribution in [3.63, 3.8) is 0 Å². The van der Waals surface area contributed by atoms with Gasteiger partial charge in [-0.3, -0.25) is 0 Å². The molecule has 0 saturated carbocycles. The molecule has 1 fully saturated rings. The van der Waals surface area contributed by atoms with Gasteiger partial charge in [-0.1, -0.05) is 0 Å². The molecule has 0 bridgehead atoms. The molecule has 87 valence electrons. The summed E-state index contributed by atoms with van der Waals surface area (Å²) in [7, 11) is 0. The molecule has 1 aromatic rings. The maximum Gasteiger partial charge on any atom is 0.417 e. The number of hydrogen-bond acceptors (Lipinski definition) is 2. The Bertz CT molecular complexity index is 341. The smallest absolute Gasteiger partial charge is 0.354 e. The van der Waals surface area contributed by atoms with Crippen LogP contribution in [-0.2, 0) is 6.18 Å². The molecule has 1 aliphatic heterocycles. The summed E-state index contributed by atoms with van der Waals surface area (Å²) in [6.45, 7) is 2.86. The Morgan fingerprint density at radius 2 is 1.81 bits per heavy atom. The summed E-state index contributed by atoms with van der Waals surface area (Å²) < 4.78 is 36.9. The van der Waals surface area contributed by atoms with E-state index in [9.17, 15) is 13.2 Å². The Morgan fingerprint density at radius 3 is 2.31 bits per heavy atom. The van der Waals surface area contributed by atoms with Gasteiger partial charge in [0.15, 0.2) is 0 Å². The van der Waals surface area contributed by atoms with Gasteiger partial charge >= 0.3 is 6.18 Å². The van der Waals surface area contributed by atoms with Gasteiger partial charge in [-0.25, -0.2) is 10.3 Å². The molecule has 16 heavy (non-hydrogen) atoms. The van der Waals surface area contributed by atoms with Crippen LogP contribution in [0, 0.1) is 0 Å². The van der Waals surface area contributed by atoms with Crippen molar-refractivity contribution in [1.29, 1.82) is 0 Å². The highest BCUT2D eigenvalue weighted by Crippen LogP contribution is 2.29. The number of alkyl halides is 3. The van der Waals surface area contributed by atoms with E-state index in [4.69, 9.17) is 0 Å². The molecule has 0 amide bonds. The Hall–Kier alpha value is -1.30. The lowest BCUT2D eigenvalue weighted by atomic mass is 10.2. The molecule has 1 aliphatic rings. The predicted molar refractivity (Wildman–Crippen MR) is 53.3 cm³/mol. The van der Waals surface area contributed by atoms with E-state index in [1.165, 1.54) is 6.07 Å². The van der Waals surface area contributed by atoms with Crippen LogP contribution in [0.25, 0.3) is 0 Å². The van der Waals surface area contributed by atoms with Gasteiger partial charge in [-0.2, -0.15) is 13.2 Å². The number of halogens is 3. The molecule has 0 N–H and O–H groups in total. The van der Waals surface area contributed by atoms with Crippen molar-refractivity contribution in [1.82, 2.24) is 10.3 Å². The SMILES string of the molecule is FC(F)(F)c1ccc(N2CC[N]CC2)nc1. The van der Waals surface area contributed by atoms with Crippen LogP contribution >= 0.6 is 0 Å². The standard InChI is InChI=1S/C10H11F3N3/c11-10(12,13)8-1-2-9(15-7-8)16-5-3-14-4-6-16/h1-2,7H,3-6H2. The third-order valence-electron chi connectivity index (χ3n) is 2.46. The van der Waals surface area contributed by atoms with E-state index >= 15 is 0 Å². The molecular formula is C10H11F3N3. The van der Waals surface area contributed by atoms with Crippen molar-refractivity contribution in [3.05, 3.63) is 23.9 Å². The summed E-state index contributed by atoms with van der Waals surface area (Å²) in [6.07, 6.45) is -3.44. The normalized spacial score (nSPS) is 17.6. The van der Waals surface area contributed by atoms with Gasteiger partial charge in [0, 0.05) is 32.4 Å². The highest BCUT2D eigenvalue weighted by Gasteiger charge is 2.30. The minimum atomic E-state index is -4.32. The second kappa shape index (κ2) is 4.29. The summed E-state index contributed by atoms with van der Waals surface area (Å²) >= 11 is 0. The highest BCUT2D eigenvalue weighted by atomic mass is 19.4. The molecule has 0 aliphatic carbocycles. The number of nitrogens with zero attached hydrogens (tertiary/aromatic N) is 3. The molecule has 0 unspecified atom stereocenters. The van der Waals surface area contributed by atoms with E-state index in [2.05, 4.69) is 10.3 Å². The van der Waals surface area contributed by atoms with Gasteiger partial charge in [0.05, 0.1) is 5.56 Å². The topological polar surface area (TPSA) is 30.2 Å². The average molecular weight is 230 g/mol. The van der Waals surface area contributed by atoms with Crippen molar-refractivity contribution >= 4 is 5.82 Å². The fourth-order valence-electron chi connectivity index (χ4n) is 1.58. The number of piperazine rings is 1. The summed E-state index contributed by atoms with van der Waals surface area (Å²) in [6, 6.07) is 2.47. The molecule has 0 atom stereocenters. The van der Waals surface area contributed by atoms with Crippen LogP contribution in [0.2, 0.25) is 0 Å². The number of anilines is 1. The second-order valence-electron chi connectivity index (χ2n) is 3.56. The van der Waals surface area contributed by atoms with Crippen molar-refractivity contribution in [3.8, 4) is 0 Å². The van der Waals surface area contributed by atoms with Crippen molar-refractivity contribution in [2.24, 2.45) is 0 Å². The van der Waals surface area contributed by atoms with E-state index < -0.39 is 11.7 Å². The fourth-order valence-corrected chi connectivity index (χ4v) is 1.58. The maximum absolute atomic E-state index is 12.3. The Labute approximate surface area is 91.3 Å². The quantitative estimate of drug-likeness (QED) is 0.732. The van der Waals surface area contributed by atoms with Gasteiger partial charge in [0.25, 0.3) is 0 Å². The van der Waals surface area contributed by atoms with Crippen LogP contribution in [0.15, 0.2) is 18.3 Å². The van der Waals surface area contributed by atoms with Crippen molar-refractivity contribution in [2.75, 3.05) is 31.1 Å². The molecular weight excluding hydrogens is 219 g/mol. The van der Waals surface area contributed by atoms with Crippen LogP contribution in [0.3, 0.4) is 0 Å². The van der Waals surface area contributed by atoms with Crippen molar-refractivity contribution in [2.45, 2.75) is 6.18 Å². The molecule has 2 rings (SSSR count). The minimum Gasteiger partial charge on any atom is -0.354 e. The van der Waals surface area contributed by atoms with E-state index in [1.807, 2.05) is 4.90 Å². The Balaban J connectivity index is 2.12. The summed E-state index contributed by atoms with van der Waals surface area (Å²) in [5, 5.41) is 4.16. The largest absolute Gasteiger partial charge is 0.417 e. The van der Waals surface area contributed by atoms with Crippen LogP contribution in [-0.4, -0.2) is 31.2 Å². The average Bonchev–Trinajstić information content (AvgIpc) is 2.29. The van der Waals surface area contributed by atoms with Gasteiger partial charge in [-0.15, -0.1) is 0 Å². The fraction of sp³-hybridized carbons (Fsp3) is 0.500. The second-order valence-corrected chi connectivity index (χ2v) is 3.56. The number of rotatable bonds is 1. The first kappa shape index (κ1) is 11.2. The molecule has 2 heterocycles. The molecule has 6 heteroatoms. The number of hydrogen-bond donors (Lipinski definition) is 0. The van der Waals surface area contributed by atoms with E-state index in [0.29, 0.717) is 18.9 Å². The number of aromatic nitrogens is 1. The lowest BCUT2D eigenvalue weighted by molar-refractivity contribution is -0.137. The van der Waals surface area contributed by atoms with Gasteiger partial charge in [0.1, 0.15) is 5.82 Å². The Morgan fingerprint density at radius 1 is 1.12 bits per heavy atom. The van der Waals surface area contributed by atoms with Crippen molar-refractivity contribution < 1.29 is 13.2 Å². The van der Waals surface area contributed by atoms with E-state index in [0.717, 1.165) is 25.4 Å². The third-order valence-corrected chi connectivity index (χ3v) is 2.46. The van der Waals surface area contributed by atoms with Crippen LogP contribution < -0.4 is 10.2 Å². The molecule has 0 aromatic carbocycles. The highest BCUT2D eigenvalue weighted by molar-refractivity contribution is 5.40. The minimum absolute atomic E-state index is 0.586. The van der Waals surface area contributed by atoms with Crippen LogP contribution in [0.5, 0.6) is 0 Å². The zero-order valence-corrected chi connectivity index (χ0v) is 8.54. The maximum atomic E-state index is 12.3. The molecule has 0 spiro atoms. The lowest BCUT2D eigenvalue weighted by Crippen LogP contribution is -2.40. The monoisotopic (exact) mass is 230 g/mol. The van der Waals surface area contributed by atoms with Gasteiger partial charge in [0.2, 0.25) is 0 Å². The van der Waals surface area contributed by atoms with Gasteiger partial charge < -0.3 is 4.90 Å². The molecule has 1 radical (unpaired) electrons. The Kier molecular flexibility index (Phi) is 3.00. The zero-order chi connectivity index (χ0) is 11.6. The zero-order valence-electron chi connectivity index (χ0n) is 8.54. The first-order valence-corrected chi connectivity index (χ1v) is 4.99. The van der Waals surface area contributed by atoms with E-state index in [-0.39, 0.29) is 0 Å². The first-order chi connectivity index (χ1) is 7.57.